The number of fused-ring (bicyclic) bond motifs is 2. The Kier molecular flexibility index (Phi) is 11.9. The van der Waals surface area contributed by atoms with Crippen molar-refractivity contribution >= 4 is 23.3 Å². The number of ether oxygens (including phenoxy) is 3. The minimum atomic E-state index is -1.35. The molecule has 1 aliphatic carbocycles. The minimum Gasteiger partial charge on any atom is -0.497 e. The summed E-state index contributed by atoms with van der Waals surface area (Å²) in [6.45, 7) is 1.12. The third-order valence-corrected chi connectivity index (χ3v) is 9.97. The van der Waals surface area contributed by atoms with E-state index in [0.717, 1.165) is 47.2 Å². The van der Waals surface area contributed by atoms with E-state index in [0.29, 0.717) is 62.4 Å². The van der Waals surface area contributed by atoms with Crippen molar-refractivity contribution in [1.82, 2.24) is 15.1 Å². The van der Waals surface area contributed by atoms with Crippen LogP contribution in [0, 0.1) is 17.5 Å². The molecule has 0 spiro atoms. The number of methoxy groups -OCH3 is 2. The van der Waals surface area contributed by atoms with E-state index >= 15 is 0 Å². The smallest absolute Gasteiger partial charge is 0.252 e. The molecule has 3 N–H and O–H groups in total. The van der Waals surface area contributed by atoms with E-state index in [-0.39, 0.29) is 43.3 Å². The van der Waals surface area contributed by atoms with Gasteiger partial charge in [-0.3, -0.25) is 14.4 Å². The van der Waals surface area contributed by atoms with Crippen LogP contribution in [0.1, 0.15) is 61.6 Å². The van der Waals surface area contributed by atoms with Crippen LogP contribution in [0.15, 0.2) is 60.2 Å². The number of primary amides is 1. The second-order valence-corrected chi connectivity index (χ2v) is 13.8. The van der Waals surface area contributed by atoms with Crippen LogP contribution in [0.25, 0.3) is 5.57 Å². The number of carbonyl (C=O) groups excluding carboxylic acids is 3. The lowest BCUT2D eigenvalue weighted by Crippen LogP contribution is -2.62. The molecule has 0 radical (unpaired) electrons. The van der Waals surface area contributed by atoms with Gasteiger partial charge in [0, 0.05) is 56.2 Å². The number of halogens is 3. The molecule has 3 aromatic carbocycles. The molecule has 3 aliphatic rings. The average Bonchev–Trinajstić information content (AvgIpc) is 4.00. The summed E-state index contributed by atoms with van der Waals surface area (Å²) in [6, 6.07) is 14.6. The average molecular weight is 735 g/mol. The molecule has 2 bridgehead atoms. The minimum absolute atomic E-state index is 0.00814. The number of nitrogens with zero attached hydrogens (tertiary/aromatic N) is 2. The molecule has 2 aliphatic heterocycles. The first-order valence-corrected chi connectivity index (χ1v) is 18.0. The number of carbonyl (C=O) groups is 3. The summed E-state index contributed by atoms with van der Waals surface area (Å²) in [4.78, 5) is 43.1. The van der Waals surface area contributed by atoms with E-state index in [1.165, 1.54) is 0 Å². The Labute approximate surface area is 307 Å². The number of benzene rings is 3. The maximum atomic E-state index is 14.8. The molecule has 2 unspecified atom stereocenters. The summed E-state index contributed by atoms with van der Waals surface area (Å²) in [7, 11) is 3.17. The Morgan fingerprint density at radius 2 is 1.58 bits per heavy atom. The lowest BCUT2D eigenvalue weighted by Gasteiger charge is -2.45. The zero-order valence-corrected chi connectivity index (χ0v) is 30.0. The Morgan fingerprint density at radius 3 is 2.25 bits per heavy atom. The number of hydrogen-bond acceptors (Lipinski definition) is 7. The summed E-state index contributed by atoms with van der Waals surface area (Å²) in [5.74, 6) is -3.57. The number of nitrogens with two attached hydrogens (primary N) is 1. The quantitative estimate of drug-likeness (QED) is 0.151. The summed E-state index contributed by atoms with van der Waals surface area (Å²) in [5, 5.41) is 3.62. The topological polar surface area (TPSA) is 123 Å². The van der Waals surface area contributed by atoms with E-state index in [1.54, 1.807) is 25.2 Å². The van der Waals surface area contributed by atoms with E-state index in [1.807, 2.05) is 41.3 Å². The summed E-state index contributed by atoms with van der Waals surface area (Å²) < 4.78 is 57.7. The van der Waals surface area contributed by atoms with Gasteiger partial charge in [0.25, 0.3) is 5.91 Å². The molecule has 3 amide bonds. The molecular formula is C40H45F3N4O6. The van der Waals surface area contributed by atoms with Crippen molar-refractivity contribution in [2.24, 2.45) is 5.73 Å². The fraction of sp³-hybridized carbons (Fsp3) is 0.425. The SMILES string of the molecule is COc1cc(CN(C(=O)C2=C(c3ccc(CCCOc4c(F)ccc(F)c4F)cc3)CC3CN(C(=O)CCCC(N)=O)CC2N3)C2CC2)cc(OC)c1. The lowest BCUT2D eigenvalue weighted by atomic mass is 9.82. The highest BCUT2D eigenvalue weighted by Crippen LogP contribution is 2.38. The maximum Gasteiger partial charge on any atom is 0.252 e. The van der Waals surface area contributed by atoms with Gasteiger partial charge in [-0.2, -0.15) is 4.39 Å². The first-order chi connectivity index (χ1) is 25.5. The van der Waals surface area contributed by atoms with Crippen LogP contribution in [0.3, 0.4) is 0 Å². The van der Waals surface area contributed by atoms with Gasteiger partial charge in [-0.15, -0.1) is 0 Å². The zero-order chi connectivity index (χ0) is 37.6. The van der Waals surface area contributed by atoms with Crippen LogP contribution < -0.4 is 25.3 Å². The first-order valence-electron chi connectivity index (χ1n) is 18.0. The monoisotopic (exact) mass is 734 g/mol. The van der Waals surface area contributed by atoms with Gasteiger partial charge < -0.3 is 35.1 Å². The fourth-order valence-corrected chi connectivity index (χ4v) is 7.17. The van der Waals surface area contributed by atoms with Gasteiger partial charge in [0.15, 0.2) is 17.4 Å². The van der Waals surface area contributed by atoms with Crippen molar-refractivity contribution < 1.29 is 41.8 Å². The van der Waals surface area contributed by atoms with Gasteiger partial charge in [-0.25, -0.2) is 8.78 Å². The van der Waals surface area contributed by atoms with Crippen LogP contribution in [-0.4, -0.2) is 79.6 Å². The van der Waals surface area contributed by atoms with Crippen molar-refractivity contribution in [1.29, 1.82) is 0 Å². The van der Waals surface area contributed by atoms with Crippen molar-refractivity contribution in [2.45, 2.75) is 76.0 Å². The number of nitrogens with one attached hydrogen (secondary N) is 1. The molecule has 53 heavy (non-hydrogen) atoms. The van der Waals surface area contributed by atoms with Gasteiger partial charge in [0.1, 0.15) is 11.5 Å². The van der Waals surface area contributed by atoms with Crippen molar-refractivity contribution in [3.8, 4) is 17.2 Å². The summed E-state index contributed by atoms with van der Waals surface area (Å²) >= 11 is 0. The van der Waals surface area contributed by atoms with Crippen LogP contribution in [0.4, 0.5) is 13.2 Å². The predicted molar refractivity (Wildman–Crippen MR) is 192 cm³/mol. The van der Waals surface area contributed by atoms with Crippen LogP contribution in [-0.2, 0) is 27.3 Å². The van der Waals surface area contributed by atoms with E-state index < -0.39 is 35.2 Å². The number of amides is 3. The third-order valence-electron chi connectivity index (χ3n) is 9.97. The summed E-state index contributed by atoms with van der Waals surface area (Å²) in [5.41, 5.74) is 9.57. The highest BCUT2D eigenvalue weighted by atomic mass is 19.2. The molecule has 2 fully saturated rings. The molecule has 3 aromatic rings. The van der Waals surface area contributed by atoms with Gasteiger partial charge in [0.2, 0.25) is 17.6 Å². The predicted octanol–water partition coefficient (Wildman–Crippen LogP) is 5.31. The van der Waals surface area contributed by atoms with E-state index in [9.17, 15) is 27.6 Å². The maximum absolute atomic E-state index is 14.8. The second-order valence-electron chi connectivity index (χ2n) is 13.8. The Bertz CT molecular complexity index is 1840. The summed E-state index contributed by atoms with van der Waals surface area (Å²) in [6.07, 6.45) is 3.98. The normalized spacial score (nSPS) is 18.1. The van der Waals surface area contributed by atoms with Gasteiger partial charge >= 0.3 is 0 Å². The first kappa shape index (κ1) is 37.7. The highest BCUT2D eigenvalue weighted by Gasteiger charge is 2.43. The molecule has 1 saturated carbocycles. The second kappa shape index (κ2) is 16.7. The Balaban J connectivity index is 1.24. The van der Waals surface area contributed by atoms with Crippen molar-refractivity contribution in [2.75, 3.05) is 33.9 Å². The van der Waals surface area contributed by atoms with Gasteiger partial charge in [-0.05, 0) is 85.1 Å². The Morgan fingerprint density at radius 1 is 0.887 bits per heavy atom. The van der Waals surface area contributed by atoms with E-state index in [4.69, 9.17) is 19.9 Å². The number of aryl methyl sites for hydroxylation is 1. The molecule has 1 saturated heterocycles. The standard InChI is InChI=1S/C40H45F3N4O6/c1-51-29-17-25(18-30(20-29)52-2)21-47(28-12-13-28)40(50)37-31(19-27-22-46(23-34(37)45-27)36(49)7-3-6-35(44)48)26-10-8-24(9-11-26)5-4-16-53-39-33(42)15-14-32(41)38(39)43/h8-11,14-15,17-18,20,27-28,34,45H,3-7,12-13,16,19,21-23H2,1-2H3,(H2,44,48). The number of rotatable bonds is 16. The zero-order valence-electron chi connectivity index (χ0n) is 30.0. The highest BCUT2D eigenvalue weighted by molar-refractivity contribution is 6.03. The van der Waals surface area contributed by atoms with Crippen LogP contribution in [0.5, 0.6) is 17.2 Å². The van der Waals surface area contributed by atoms with Crippen molar-refractivity contribution in [3.63, 3.8) is 0 Å². The molecule has 13 heteroatoms. The van der Waals surface area contributed by atoms with Gasteiger partial charge in [0.05, 0.1) is 26.9 Å². The molecule has 2 atom stereocenters. The molecule has 2 heterocycles. The molecule has 10 nitrogen and oxygen atoms in total. The largest absolute Gasteiger partial charge is 0.497 e. The molecule has 0 aromatic heterocycles. The van der Waals surface area contributed by atoms with Crippen molar-refractivity contribution in [3.05, 3.63) is 94.3 Å². The third kappa shape index (κ3) is 9.13. The number of piperazine rings is 1. The lowest BCUT2D eigenvalue weighted by molar-refractivity contribution is -0.134. The van der Waals surface area contributed by atoms with Gasteiger partial charge in [-0.1, -0.05) is 24.3 Å². The number of hydrogen-bond donors (Lipinski definition) is 2. The molecule has 6 rings (SSSR count). The fourth-order valence-electron chi connectivity index (χ4n) is 7.17. The van der Waals surface area contributed by atoms with Crippen LogP contribution in [0.2, 0.25) is 0 Å². The molecular weight excluding hydrogens is 689 g/mol. The van der Waals surface area contributed by atoms with E-state index in [2.05, 4.69) is 5.32 Å². The molecule has 282 valence electrons. The Hall–Kier alpha value is -5.04. The van der Waals surface area contributed by atoms with Crippen LogP contribution >= 0.6 is 0 Å².